The van der Waals surface area contributed by atoms with Crippen LogP contribution in [0.4, 0.5) is 11.4 Å². The summed E-state index contributed by atoms with van der Waals surface area (Å²) in [6, 6.07) is 14.7. The average Bonchev–Trinajstić information content (AvgIpc) is 2.58. The van der Waals surface area contributed by atoms with Crippen LogP contribution in [0.1, 0.15) is 5.56 Å². The van der Waals surface area contributed by atoms with Gasteiger partial charge in [0.15, 0.2) is 6.17 Å². The van der Waals surface area contributed by atoms with Gasteiger partial charge in [-0.2, -0.15) is 0 Å². The zero-order chi connectivity index (χ0) is 19.2. The van der Waals surface area contributed by atoms with Crippen molar-refractivity contribution in [2.75, 3.05) is 5.32 Å². The predicted molar refractivity (Wildman–Crippen MR) is 100 cm³/mol. The first kappa shape index (κ1) is 20.3. The summed E-state index contributed by atoms with van der Waals surface area (Å²) >= 11 is 17.6. The fraction of sp³-hybridized carbons (Fsp3) is 0.188. The van der Waals surface area contributed by atoms with Crippen LogP contribution in [0.3, 0.4) is 0 Å². The lowest BCUT2D eigenvalue weighted by Crippen LogP contribution is -2.47. The number of rotatable bonds is 7. The number of carbonyl (C=O) groups excluding carboxylic acids is 1. The highest BCUT2D eigenvalue weighted by Gasteiger charge is 2.35. The predicted octanol–water partition coefficient (Wildman–Crippen LogP) is 3.99. The van der Waals surface area contributed by atoms with E-state index in [1.807, 2.05) is 6.07 Å². The maximum Gasteiger partial charge on any atom is 0.329 e. The standard InChI is InChI=1S/C16H14Cl3N3O4/c17-16(18,19)15(20-12-8-4-5-9-13(12)22(24)25)21-26-14(23)10-11-6-2-1-3-7-11/h1-9,15,20-21H,10H2/t15-/m0/s1. The molecule has 2 rings (SSSR count). The van der Waals surface area contributed by atoms with Gasteiger partial charge in [0.1, 0.15) is 5.69 Å². The maximum absolute atomic E-state index is 11.9. The molecule has 0 aliphatic carbocycles. The molecule has 10 heteroatoms. The SMILES string of the molecule is O=C(Cc1ccccc1)ON[C@H](Nc1ccccc1[N+](=O)[O-])C(Cl)(Cl)Cl. The largest absolute Gasteiger partial charge is 0.368 e. The Balaban J connectivity index is 2.04. The number of halogens is 3. The van der Waals surface area contributed by atoms with Crippen LogP contribution in [-0.2, 0) is 16.1 Å². The van der Waals surface area contributed by atoms with E-state index in [0.29, 0.717) is 0 Å². The van der Waals surface area contributed by atoms with Crippen molar-refractivity contribution in [2.45, 2.75) is 16.4 Å². The van der Waals surface area contributed by atoms with Gasteiger partial charge in [0.2, 0.25) is 3.79 Å². The highest BCUT2D eigenvalue weighted by Crippen LogP contribution is 2.33. The molecule has 2 N–H and O–H groups in total. The smallest absolute Gasteiger partial charge is 0.329 e. The molecule has 0 unspecified atom stereocenters. The highest BCUT2D eigenvalue weighted by atomic mass is 35.6. The summed E-state index contributed by atoms with van der Waals surface area (Å²) in [5.41, 5.74) is 2.94. The number of para-hydroxylation sites is 2. The Bertz CT molecular complexity index is 769. The van der Waals surface area contributed by atoms with Crippen LogP contribution in [-0.4, -0.2) is 20.9 Å². The van der Waals surface area contributed by atoms with E-state index < -0.39 is 20.9 Å². The Labute approximate surface area is 164 Å². The lowest BCUT2D eigenvalue weighted by molar-refractivity contribution is -0.384. The van der Waals surface area contributed by atoms with Gasteiger partial charge >= 0.3 is 5.97 Å². The second kappa shape index (κ2) is 9.05. The number of carbonyl (C=O) groups is 1. The minimum absolute atomic E-state index is 0.00586. The molecule has 0 radical (unpaired) electrons. The van der Waals surface area contributed by atoms with E-state index in [2.05, 4.69) is 10.8 Å². The van der Waals surface area contributed by atoms with Gasteiger partial charge < -0.3 is 10.2 Å². The number of alkyl halides is 3. The van der Waals surface area contributed by atoms with Gasteiger partial charge in [-0.05, 0) is 11.6 Å². The molecular formula is C16H14Cl3N3O4. The van der Waals surface area contributed by atoms with Crippen molar-refractivity contribution in [1.29, 1.82) is 0 Å². The summed E-state index contributed by atoms with van der Waals surface area (Å²) in [5.74, 6) is -0.611. The Kier molecular flexibility index (Phi) is 7.05. The van der Waals surface area contributed by atoms with Crippen LogP contribution >= 0.6 is 34.8 Å². The van der Waals surface area contributed by atoms with Crippen LogP contribution in [0, 0.1) is 10.1 Å². The van der Waals surface area contributed by atoms with Gasteiger partial charge in [0.25, 0.3) is 5.69 Å². The van der Waals surface area contributed by atoms with E-state index in [0.717, 1.165) is 5.56 Å². The second-order valence-electron chi connectivity index (χ2n) is 5.15. The lowest BCUT2D eigenvalue weighted by Gasteiger charge is -2.26. The number of nitro benzene ring substituents is 1. The summed E-state index contributed by atoms with van der Waals surface area (Å²) in [7, 11) is 0. The van der Waals surface area contributed by atoms with Gasteiger partial charge in [0.05, 0.1) is 11.3 Å². The molecule has 0 saturated carbocycles. The Morgan fingerprint density at radius 1 is 1.12 bits per heavy atom. The molecule has 1 atom stereocenters. The summed E-state index contributed by atoms with van der Waals surface area (Å²) in [6.07, 6.45) is -1.22. The van der Waals surface area contributed by atoms with Gasteiger partial charge in [0, 0.05) is 6.07 Å². The molecular weight excluding hydrogens is 405 g/mol. The molecule has 0 aliphatic rings. The van der Waals surface area contributed by atoms with Crippen LogP contribution < -0.4 is 10.8 Å². The number of hydrogen-bond donors (Lipinski definition) is 2. The molecule has 0 saturated heterocycles. The van der Waals surface area contributed by atoms with Crippen molar-refractivity contribution in [2.24, 2.45) is 0 Å². The van der Waals surface area contributed by atoms with Crippen molar-refractivity contribution in [3.63, 3.8) is 0 Å². The molecule has 26 heavy (non-hydrogen) atoms. The minimum atomic E-state index is -1.96. The first-order chi connectivity index (χ1) is 12.3. The minimum Gasteiger partial charge on any atom is -0.368 e. The normalized spacial score (nSPS) is 12.3. The summed E-state index contributed by atoms with van der Waals surface area (Å²) in [6.45, 7) is 0. The first-order valence-electron chi connectivity index (χ1n) is 7.33. The summed E-state index contributed by atoms with van der Waals surface area (Å²) < 4.78 is -1.96. The second-order valence-corrected chi connectivity index (χ2v) is 7.52. The Morgan fingerprint density at radius 2 is 1.73 bits per heavy atom. The number of hydroxylamine groups is 1. The monoisotopic (exact) mass is 417 g/mol. The Morgan fingerprint density at radius 3 is 2.35 bits per heavy atom. The van der Waals surface area contributed by atoms with Gasteiger partial charge in [-0.15, -0.1) is 5.48 Å². The van der Waals surface area contributed by atoms with Crippen LogP contribution in [0.15, 0.2) is 54.6 Å². The molecule has 0 fully saturated rings. The van der Waals surface area contributed by atoms with E-state index in [-0.39, 0.29) is 17.8 Å². The van der Waals surface area contributed by atoms with E-state index in [4.69, 9.17) is 39.6 Å². The first-order valence-corrected chi connectivity index (χ1v) is 8.46. The third kappa shape index (κ3) is 6.03. The molecule has 0 aromatic heterocycles. The van der Waals surface area contributed by atoms with Gasteiger partial charge in [-0.1, -0.05) is 77.3 Å². The number of nitro groups is 1. The van der Waals surface area contributed by atoms with Crippen LogP contribution in [0.5, 0.6) is 0 Å². The Hall–Kier alpha value is -2.06. The van der Waals surface area contributed by atoms with Crippen molar-refractivity contribution in [3.05, 3.63) is 70.3 Å². The van der Waals surface area contributed by atoms with Crippen molar-refractivity contribution in [3.8, 4) is 0 Å². The van der Waals surface area contributed by atoms with Crippen molar-refractivity contribution < 1.29 is 14.6 Å². The molecule has 7 nitrogen and oxygen atoms in total. The average molecular weight is 419 g/mol. The molecule has 0 amide bonds. The van der Waals surface area contributed by atoms with Crippen molar-refractivity contribution >= 4 is 52.1 Å². The maximum atomic E-state index is 11.9. The molecule has 0 aliphatic heterocycles. The molecule has 0 bridgehead atoms. The fourth-order valence-electron chi connectivity index (χ4n) is 2.01. The van der Waals surface area contributed by atoms with Crippen molar-refractivity contribution in [1.82, 2.24) is 5.48 Å². The molecule has 0 spiro atoms. The number of nitrogens with zero attached hydrogens (tertiary/aromatic N) is 1. The number of benzene rings is 2. The number of anilines is 1. The zero-order valence-electron chi connectivity index (χ0n) is 13.2. The van der Waals surface area contributed by atoms with Crippen LogP contribution in [0.2, 0.25) is 0 Å². The van der Waals surface area contributed by atoms with E-state index in [1.54, 1.807) is 30.3 Å². The summed E-state index contributed by atoms with van der Waals surface area (Å²) in [4.78, 5) is 27.4. The van der Waals surface area contributed by atoms with Crippen LogP contribution in [0.25, 0.3) is 0 Å². The van der Waals surface area contributed by atoms with E-state index in [1.165, 1.54) is 18.2 Å². The van der Waals surface area contributed by atoms with E-state index >= 15 is 0 Å². The quantitative estimate of drug-likeness (QED) is 0.306. The molecule has 138 valence electrons. The van der Waals surface area contributed by atoms with Gasteiger partial charge in [-0.3, -0.25) is 14.9 Å². The lowest BCUT2D eigenvalue weighted by atomic mass is 10.2. The molecule has 2 aromatic rings. The number of hydrogen-bond acceptors (Lipinski definition) is 6. The van der Waals surface area contributed by atoms with Gasteiger partial charge in [-0.25, -0.2) is 0 Å². The third-order valence-corrected chi connectivity index (χ3v) is 3.86. The number of nitrogens with one attached hydrogen (secondary N) is 2. The summed E-state index contributed by atoms with van der Waals surface area (Å²) in [5, 5.41) is 13.7. The topological polar surface area (TPSA) is 93.5 Å². The molecule has 0 heterocycles. The fourth-order valence-corrected chi connectivity index (χ4v) is 2.31. The highest BCUT2D eigenvalue weighted by molar-refractivity contribution is 6.68. The van der Waals surface area contributed by atoms with E-state index in [9.17, 15) is 14.9 Å². The zero-order valence-corrected chi connectivity index (χ0v) is 15.5. The third-order valence-electron chi connectivity index (χ3n) is 3.21. The molecule has 2 aromatic carbocycles.